The van der Waals surface area contributed by atoms with Gasteiger partial charge in [0.1, 0.15) is 5.82 Å². The van der Waals surface area contributed by atoms with E-state index >= 15 is 0 Å². The third-order valence-corrected chi connectivity index (χ3v) is 2.64. The summed E-state index contributed by atoms with van der Waals surface area (Å²) in [5.74, 6) is -0.657. The molecule has 0 radical (unpaired) electrons. The van der Waals surface area contributed by atoms with Gasteiger partial charge in [-0.3, -0.25) is 4.79 Å². The van der Waals surface area contributed by atoms with Gasteiger partial charge in [-0.15, -0.1) is 0 Å². The van der Waals surface area contributed by atoms with Crippen molar-refractivity contribution >= 4 is 11.6 Å². The van der Waals surface area contributed by atoms with E-state index < -0.39 is 5.82 Å². The highest BCUT2D eigenvalue weighted by Gasteiger charge is 2.05. The Balaban J connectivity index is 2.24. The summed E-state index contributed by atoms with van der Waals surface area (Å²) in [6.07, 6.45) is 0. The number of amides is 1. The van der Waals surface area contributed by atoms with Crippen LogP contribution < -0.4 is 10.6 Å². The summed E-state index contributed by atoms with van der Waals surface area (Å²) in [4.78, 5) is 13.7. The zero-order valence-electron chi connectivity index (χ0n) is 10.9. The zero-order valence-corrected chi connectivity index (χ0v) is 10.9. The van der Waals surface area contributed by atoms with Gasteiger partial charge in [0.2, 0.25) is 5.91 Å². The Morgan fingerprint density at radius 1 is 1.39 bits per heavy atom. The van der Waals surface area contributed by atoms with Crippen LogP contribution in [0.2, 0.25) is 0 Å². The zero-order chi connectivity index (χ0) is 13.4. The van der Waals surface area contributed by atoms with Gasteiger partial charge in [-0.25, -0.2) is 4.39 Å². The van der Waals surface area contributed by atoms with E-state index in [2.05, 4.69) is 22.5 Å². The van der Waals surface area contributed by atoms with Gasteiger partial charge in [-0.1, -0.05) is 19.1 Å². The van der Waals surface area contributed by atoms with Crippen LogP contribution in [0.3, 0.4) is 0 Å². The Hall–Kier alpha value is -1.46. The molecule has 0 aliphatic rings. The van der Waals surface area contributed by atoms with Gasteiger partial charge >= 0.3 is 0 Å². The predicted octanol–water partition coefficient (Wildman–Crippen LogP) is 1.31. The molecular weight excluding hydrogens is 233 g/mol. The largest absolute Gasteiger partial charge is 0.322 e. The Labute approximate surface area is 107 Å². The molecule has 0 aromatic heterocycles. The Morgan fingerprint density at radius 2 is 2.11 bits per heavy atom. The molecule has 0 aliphatic carbocycles. The van der Waals surface area contributed by atoms with E-state index in [1.807, 2.05) is 7.05 Å². The monoisotopic (exact) mass is 253 g/mol. The van der Waals surface area contributed by atoms with E-state index in [1.165, 1.54) is 12.1 Å². The number of nitrogens with one attached hydrogen (secondary N) is 2. The van der Waals surface area contributed by atoms with Crippen LogP contribution >= 0.6 is 0 Å². The molecule has 1 aromatic rings. The number of hydrogen-bond acceptors (Lipinski definition) is 3. The van der Waals surface area contributed by atoms with Gasteiger partial charge < -0.3 is 15.5 Å². The van der Waals surface area contributed by atoms with Crippen molar-refractivity contribution in [2.24, 2.45) is 0 Å². The summed E-state index contributed by atoms with van der Waals surface area (Å²) in [6, 6.07) is 6.13. The van der Waals surface area contributed by atoms with Crippen LogP contribution in [-0.2, 0) is 4.79 Å². The molecule has 100 valence electrons. The molecule has 0 spiro atoms. The lowest BCUT2D eigenvalue weighted by Crippen LogP contribution is -2.34. The molecule has 0 aliphatic heterocycles. The summed E-state index contributed by atoms with van der Waals surface area (Å²) in [5.41, 5.74) is 0.218. The van der Waals surface area contributed by atoms with Crippen molar-refractivity contribution in [2.45, 2.75) is 6.92 Å². The molecule has 0 bridgehead atoms. The molecule has 0 saturated heterocycles. The Bertz CT molecular complexity index is 384. The number of likely N-dealkylation sites (N-methyl/N-ethyl adjacent to an activating group) is 1. The first-order valence-electron chi connectivity index (χ1n) is 6.07. The minimum Gasteiger partial charge on any atom is -0.322 e. The number of anilines is 1. The number of benzene rings is 1. The highest BCUT2D eigenvalue weighted by atomic mass is 19.1. The van der Waals surface area contributed by atoms with Crippen LogP contribution in [0.15, 0.2) is 24.3 Å². The van der Waals surface area contributed by atoms with Crippen molar-refractivity contribution in [3.8, 4) is 0 Å². The fourth-order valence-electron chi connectivity index (χ4n) is 1.39. The lowest BCUT2D eigenvalue weighted by atomic mass is 10.3. The molecule has 0 atom stereocenters. The number of para-hydroxylation sites is 1. The lowest BCUT2D eigenvalue weighted by molar-refractivity contribution is -0.115. The van der Waals surface area contributed by atoms with E-state index in [1.54, 1.807) is 12.1 Å². The summed E-state index contributed by atoms with van der Waals surface area (Å²) in [5, 5.41) is 5.54. The van der Waals surface area contributed by atoms with Crippen LogP contribution in [0.4, 0.5) is 10.1 Å². The second-order valence-corrected chi connectivity index (χ2v) is 4.10. The second-order valence-electron chi connectivity index (χ2n) is 4.10. The van der Waals surface area contributed by atoms with Crippen molar-refractivity contribution in [3.05, 3.63) is 30.1 Å². The number of rotatable bonds is 7. The summed E-state index contributed by atoms with van der Waals surface area (Å²) >= 11 is 0. The van der Waals surface area contributed by atoms with Crippen LogP contribution in [0.1, 0.15) is 6.92 Å². The van der Waals surface area contributed by atoms with Crippen molar-refractivity contribution < 1.29 is 9.18 Å². The fraction of sp³-hybridized carbons (Fsp3) is 0.462. The van der Waals surface area contributed by atoms with E-state index in [9.17, 15) is 9.18 Å². The molecule has 5 heteroatoms. The summed E-state index contributed by atoms with van der Waals surface area (Å²) in [7, 11) is 2.01. The topological polar surface area (TPSA) is 44.4 Å². The summed E-state index contributed by atoms with van der Waals surface area (Å²) in [6.45, 7) is 4.85. The maximum absolute atomic E-state index is 13.2. The van der Waals surface area contributed by atoms with E-state index in [0.717, 1.165) is 19.6 Å². The average Bonchev–Trinajstić information content (AvgIpc) is 2.37. The van der Waals surface area contributed by atoms with Gasteiger partial charge in [0.15, 0.2) is 0 Å². The molecule has 0 fully saturated rings. The van der Waals surface area contributed by atoms with Crippen molar-refractivity contribution in [1.29, 1.82) is 0 Å². The SMILES string of the molecule is CCN(C)CCNCC(=O)Nc1ccccc1F. The van der Waals surface area contributed by atoms with Gasteiger partial charge in [0, 0.05) is 13.1 Å². The molecule has 0 unspecified atom stereocenters. The highest BCUT2D eigenvalue weighted by molar-refractivity contribution is 5.92. The molecule has 0 heterocycles. The fourth-order valence-corrected chi connectivity index (χ4v) is 1.39. The second kappa shape index (κ2) is 7.79. The van der Waals surface area contributed by atoms with Crippen molar-refractivity contribution in [3.63, 3.8) is 0 Å². The number of hydrogen-bond donors (Lipinski definition) is 2. The molecule has 1 rings (SSSR count). The lowest BCUT2D eigenvalue weighted by Gasteiger charge is -2.13. The maximum Gasteiger partial charge on any atom is 0.238 e. The van der Waals surface area contributed by atoms with Crippen LogP contribution in [-0.4, -0.2) is 44.0 Å². The van der Waals surface area contributed by atoms with Crippen LogP contribution in [0.25, 0.3) is 0 Å². The molecule has 2 N–H and O–H groups in total. The smallest absolute Gasteiger partial charge is 0.238 e. The maximum atomic E-state index is 13.2. The number of halogens is 1. The number of carbonyl (C=O) groups excluding carboxylic acids is 1. The van der Waals surface area contributed by atoms with Gasteiger partial charge in [-0.2, -0.15) is 0 Å². The molecule has 1 amide bonds. The Kier molecular flexibility index (Phi) is 6.32. The highest BCUT2D eigenvalue weighted by Crippen LogP contribution is 2.11. The summed E-state index contributed by atoms with van der Waals surface area (Å²) < 4.78 is 13.2. The van der Waals surface area contributed by atoms with Crippen LogP contribution in [0.5, 0.6) is 0 Å². The first-order valence-corrected chi connectivity index (χ1v) is 6.07. The average molecular weight is 253 g/mol. The first kappa shape index (κ1) is 14.6. The molecule has 4 nitrogen and oxygen atoms in total. The van der Waals surface area contributed by atoms with Gasteiger partial charge in [0.25, 0.3) is 0 Å². The standard InChI is InChI=1S/C13H20FN3O/c1-3-17(2)9-8-15-10-13(18)16-12-7-5-4-6-11(12)14/h4-7,15H,3,8-10H2,1-2H3,(H,16,18). The van der Waals surface area contributed by atoms with Gasteiger partial charge in [0.05, 0.1) is 12.2 Å². The molecular formula is C13H20FN3O. The quantitative estimate of drug-likeness (QED) is 0.720. The van der Waals surface area contributed by atoms with E-state index in [-0.39, 0.29) is 18.1 Å². The molecule has 1 aromatic carbocycles. The van der Waals surface area contributed by atoms with Crippen molar-refractivity contribution in [2.75, 3.05) is 38.5 Å². The predicted molar refractivity (Wildman–Crippen MR) is 71.1 cm³/mol. The van der Waals surface area contributed by atoms with E-state index in [0.29, 0.717) is 0 Å². The third kappa shape index (κ3) is 5.25. The first-order chi connectivity index (χ1) is 8.63. The molecule has 0 saturated carbocycles. The normalized spacial score (nSPS) is 10.7. The Morgan fingerprint density at radius 3 is 2.78 bits per heavy atom. The third-order valence-electron chi connectivity index (χ3n) is 2.64. The molecule has 18 heavy (non-hydrogen) atoms. The van der Waals surface area contributed by atoms with Crippen molar-refractivity contribution in [1.82, 2.24) is 10.2 Å². The number of nitrogens with zero attached hydrogens (tertiary/aromatic N) is 1. The van der Waals surface area contributed by atoms with E-state index in [4.69, 9.17) is 0 Å². The minimum atomic E-state index is -0.420. The minimum absolute atomic E-state index is 0.186. The van der Waals surface area contributed by atoms with Crippen LogP contribution in [0, 0.1) is 5.82 Å². The number of carbonyl (C=O) groups is 1. The van der Waals surface area contributed by atoms with Gasteiger partial charge in [-0.05, 0) is 25.7 Å².